The molecule has 0 aromatic carbocycles. The molecule has 1 heterocycles. The lowest BCUT2D eigenvalue weighted by atomic mass is 9.76. The maximum Gasteiger partial charge on any atom is 0.223 e. The number of rotatable bonds is 4. The number of carbonyl (C=O) groups excluding carboxylic acids is 1. The molecule has 0 aromatic rings. The van der Waals surface area contributed by atoms with Gasteiger partial charge in [0.1, 0.15) is 12.3 Å². The number of likely N-dealkylation sites (N-methyl/N-ethyl adjacent to an activating group) is 1. The van der Waals surface area contributed by atoms with Crippen molar-refractivity contribution in [2.45, 2.75) is 44.9 Å². The lowest BCUT2D eigenvalue weighted by Crippen LogP contribution is -2.38. The van der Waals surface area contributed by atoms with Gasteiger partial charge in [0, 0.05) is 18.9 Å². The summed E-state index contributed by atoms with van der Waals surface area (Å²) in [6, 6.07) is 0. The number of carbonyl (C=O) groups is 1. The van der Waals surface area contributed by atoms with Crippen LogP contribution in [0.4, 0.5) is 0 Å². The van der Waals surface area contributed by atoms with Crippen molar-refractivity contribution in [3.8, 4) is 0 Å². The highest BCUT2D eigenvalue weighted by Crippen LogP contribution is 2.40. The molecule has 2 rings (SSSR count). The number of ether oxygens (including phenoxy) is 1. The van der Waals surface area contributed by atoms with Crippen LogP contribution in [-0.2, 0) is 9.53 Å². The van der Waals surface area contributed by atoms with Gasteiger partial charge in [-0.3, -0.25) is 10.1 Å². The minimum atomic E-state index is 0.160. The monoisotopic (exact) mass is 226 g/mol. The fraction of sp³-hybridized carbons (Fsp3) is 0.917. The Kier molecular flexibility index (Phi) is 3.82. The van der Waals surface area contributed by atoms with Crippen LogP contribution in [0.5, 0.6) is 0 Å². The van der Waals surface area contributed by atoms with Gasteiger partial charge in [-0.2, -0.15) is 0 Å². The van der Waals surface area contributed by atoms with Gasteiger partial charge >= 0.3 is 0 Å². The topological polar surface area (TPSA) is 53.7 Å². The predicted octanol–water partition coefficient (Wildman–Crippen LogP) is 0.873. The second-order valence-corrected chi connectivity index (χ2v) is 4.75. The van der Waals surface area contributed by atoms with Gasteiger partial charge in [0.15, 0.2) is 0 Å². The molecule has 4 unspecified atom stereocenters. The van der Waals surface area contributed by atoms with Crippen LogP contribution in [0.1, 0.15) is 32.6 Å². The zero-order chi connectivity index (χ0) is 11.5. The van der Waals surface area contributed by atoms with Crippen LogP contribution >= 0.6 is 0 Å². The molecule has 2 N–H and O–H groups in total. The zero-order valence-corrected chi connectivity index (χ0v) is 10.2. The summed E-state index contributed by atoms with van der Waals surface area (Å²) in [4.78, 5) is 11.8. The van der Waals surface area contributed by atoms with E-state index in [1.165, 1.54) is 12.8 Å². The fourth-order valence-corrected chi connectivity index (χ4v) is 2.88. The number of hydrogen-bond acceptors (Lipinski definition) is 3. The maximum absolute atomic E-state index is 11.8. The molecule has 16 heavy (non-hydrogen) atoms. The first-order valence-electron chi connectivity index (χ1n) is 6.38. The molecule has 2 fully saturated rings. The van der Waals surface area contributed by atoms with Crippen molar-refractivity contribution in [1.29, 1.82) is 0 Å². The highest BCUT2D eigenvalue weighted by molar-refractivity contribution is 5.78. The number of epoxide rings is 1. The van der Waals surface area contributed by atoms with Crippen molar-refractivity contribution >= 4 is 5.91 Å². The minimum Gasteiger partial charge on any atom is -0.359 e. The summed E-state index contributed by atoms with van der Waals surface area (Å²) in [7, 11) is 1.73. The second-order valence-electron chi connectivity index (χ2n) is 4.75. The summed E-state index contributed by atoms with van der Waals surface area (Å²) < 4.78 is 5.63. The van der Waals surface area contributed by atoms with E-state index in [1.54, 1.807) is 7.05 Å². The van der Waals surface area contributed by atoms with Crippen molar-refractivity contribution in [3.05, 3.63) is 0 Å². The molecule has 92 valence electrons. The van der Waals surface area contributed by atoms with E-state index >= 15 is 0 Å². The van der Waals surface area contributed by atoms with E-state index in [1.807, 2.05) is 0 Å². The quantitative estimate of drug-likeness (QED) is 0.699. The second kappa shape index (κ2) is 5.15. The largest absolute Gasteiger partial charge is 0.359 e. The van der Waals surface area contributed by atoms with Crippen LogP contribution in [0.25, 0.3) is 0 Å². The molecule has 1 amide bonds. The molecule has 0 bridgehead atoms. The summed E-state index contributed by atoms with van der Waals surface area (Å²) in [6.45, 7) is 3.01. The first-order chi connectivity index (χ1) is 7.77. The summed E-state index contributed by atoms with van der Waals surface area (Å²) in [5.41, 5.74) is 0. The van der Waals surface area contributed by atoms with Crippen LogP contribution in [0.3, 0.4) is 0 Å². The molecule has 4 heteroatoms. The normalized spacial score (nSPS) is 38.1. The molecular weight excluding hydrogens is 204 g/mol. The molecule has 1 aliphatic carbocycles. The van der Waals surface area contributed by atoms with Gasteiger partial charge in [0.2, 0.25) is 5.91 Å². The Morgan fingerprint density at radius 1 is 1.38 bits per heavy atom. The van der Waals surface area contributed by atoms with Crippen molar-refractivity contribution in [3.63, 3.8) is 0 Å². The Balaban J connectivity index is 1.93. The first-order valence-corrected chi connectivity index (χ1v) is 6.38. The summed E-state index contributed by atoms with van der Waals surface area (Å²) in [5, 5.41) is 6.07. The lowest BCUT2D eigenvalue weighted by Gasteiger charge is -2.29. The molecule has 0 radical (unpaired) electrons. The van der Waals surface area contributed by atoms with Gasteiger partial charge in [-0.15, -0.1) is 0 Å². The molecule has 2 aliphatic rings. The van der Waals surface area contributed by atoms with Gasteiger partial charge in [-0.05, 0) is 19.4 Å². The fourth-order valence-electron chi connectivity index (χ4n) is 2.88. The lowest BCUT2D eigenvalue weighted by molar-refractivity contribution is -0.127. The summed E-state index contributed by atoms with van der Waals surface area (Å²) >= 11 is 0. The number of hydrogen-bond donors (Lipinski definition) is 2. The molecule has 0 aromatic heterocycles. The highest BCUT2D eigenvalue weighted by Gasteiger charge is 2.49. The molecule has 1 saturated carbocycles. The first kappa shape index (κ1) is 11.9. The van der Waals surface area contributed by atoms with E-state index in [-0.39, 0.29) is 24.2 Å². The van der Waals surface area contributed by atoms with Crippen LogP contribution < -0.4 is 10.6 Å². The minimum absolute atomic E-state index is 0.160. The van der Waals surface area contributed by atoms with Gasteiger partial charge in [0.05, 0.1) is 0 Å². The Morgan fingerprint density at radius 3 is 2.81 bits per heavy atom. The van der Waals surface area contributed by atoms with Gasteiger partial charge in [-0.25, -0.2) is 0 Å². The number of amides is 1. The molecule has 1 saturated heterocycles. The van der Waals surface area contributed by atoms with Crippen LogP contribution in [0.2, 0.25) is 0 Å². The average molecular weight is 226 g/mol. The maximum atomic E-state index is 11.8. The van der Waals surface area contributed by atoms with Gasteiger partial charge in [0.25, 0.3) is 0 Å². The predicted molar refractivity (Wildman–Crippen MR) is 61.9 cm³/mol. The number of nitrogens with one attached hydrogen (secondary N) is 2. The Morgan fingerprint density at radius 2 is 2.12 bits per heavy atom. The van der Waals surface area contributed by atoms with Crippen molar-refractivity contribution in [2.75, 3.05) is 13.6 Å². The van der Waals surface area contributed by atoms with E-state index in [0.717, 1.165) is 19.4 Å². The smallest absolute Gasteiger partial charge is 0.223 e. The Hall–Kier alpha value is -0.610. The third kappa shape index (κ3) is 2.38. The van der Waals surface area contributed by atoms with Gasteiger partial charge in [-0.1, -0.05) is 19.8 Å². The van der Waals surface area contributed by atoms with Crippen LogP contribution in [-0.4, -0.2) is 31.8 Å². The molecule has 4 nitrogen and oxygen atoms in total. The Bertz CT molecular complexity index is 257. The van der Waals surface area contributed by atoms with E-state index in [4.69, 9.17) is 4.74 Å². The van der Waals surface area contributed by atoms with Gasteiger partial charge < -0.3 is 10.1 Å². The van der Waals surface area contributed by atoms with E-state index < -0.39 is 0 Å². The zero-order valence-electron chi connectivity index (χ0n) is 10.2. The molecule has 1 aliphatic heterocycles. The average Bonchev–Trinajstić information content (AvgIpc) is 3.08. The third-order valence-electron chi connectivity index (χ3n) is 3.76. The van der Waals surface area contributed by atoms with Crippen molar-refractivity contribution in [1.82, 2.24) is 10.6 Å². The third-order valence-corrected chi connectivity index (χ3v) is 3.76. The van der Waals surface area contributed by atoms with Crippen molar-refractivity contribution in [2.24, 2.45) is 11.8 Å². The van der Waals surface area contributed by atoms with Crippen molar-refractivity contribution < 1.29 is 9.53 Å². The summed E-state index contributed by atoms with van der Waals surface area (Å²) in [6.07, 6.45) is 5.01. The summed E-state index contributed by atoms with van der Waals surface area (Å²) in [5.74, 6) is 0.764. The molecular formula is C12H22N2O2. The highest BCUT2D eigenvalue weighted by atomic mass is 16.6. The van der Waals surface area contributed by atoms with Crippen LogP contribution in [0.15, 0.2) is 0 Å². The molecule has 4 atom stereocenters. The molecule has 0 spiro atoms. The van der Waals surface area contributed by atoms with E-state index in [9.17, 15) is 4.79 Å². The Labute approximate surface area is 97.1 Å². The SMILES string of the molecule is CCNC1OC1C1CCCCC1C(=O)NC. The van der Waals surface area contributed by atoms with Crippen LogP contribution in [0, 0.1) is 11.8 Å². The standard InChI is InChI=1S/C12H22N2O2/c1-3-14-12-10(16-12)8-6-4-5-7-9(8)11(15)13-2/h8-10,12,14H,3-7H2,1-2H3,(H,13,15). The van der Waals surface area contributed by atoms with E-state index in [0.29, 0.717) is 5.92 Å². The van der Waals surface area contributed by atoms with E-state index in [2.05, 4.69) is 17.6 Å².